The molecule has 0 radical (unpaired) electrons. The molecule has 3 rings (SSSR count). The average molecular weight is 380 g/mol. The second-order valence-electron chi connectivity index (χ2n) is 6.83. The lowest BCUT2D eigenvalue weighted by Gasteiger charge is -2.16. The van der Waals surface area contributed by atoms with Crippen LogP contribution in [0.2, 0.25) is 0 Å². The van der Waals surface area contributed by atoms with Crippen molar-refractivity contribution in [2.45, 2.75) is 44.6 Å². The van der Waals surface area contributed by atoms with Crippen molar-refractivity contribution < 1.29 is 14.4 Å². The molecule has 142 valence electrons. The Kier molecular flexibility index (Phi) is 7.17. The van der Waals surface area contributed by atoms with E-state index in [-0.39, 0.29) is 30.1 Å². The van der Waals surface area contributed by atoms with Crippen molar-refractivity contribution in [2.24, 2.45) is 0 Å². The highest BCUT2D eigenvalue weighted by Gasteiger charge is 2.33. The van der Waals surface area contributed by atoms with Crippen molar-refractivity contribution in [3.8, 4) is 0 Å². The predicted molar refractivity (Wildman–Crippen MR) is 102 cm³/mol. The third-order valence-corrected chi connectivity index (χ3v) is 5.05. The smallest absolute Gasteiger partial charge is 0.261 e. The number of imide groups is 1. The minimum absolute atomic E-state index is 0. The molecule has 0 spiro atoms. The van der Waals surface area contributed by atoms with Crippen LogP contribution in [-0.2, 0) is 0 Å². The zero-order chi connectivity index (χ0) is 17.8. The van der Waals surface area contributed by atoms with E-state index in [9.17, 15) is 14.4 Å². The maximum atomic E-state index is 12.3. The van der Waals surface area contributed by atoms with Crippen molar-refractivity contribution in [2.75, 3.05) is 20.1 Å². The Labute approximate surface area is 160 Å². The first-order chi connectivity index (χ1) is 12.1. The van der Waals surface area contributed by atoms with E-state index in [4.69, 9.17) is 0 Å². The lowest BCUT2D eigenvalue weighted by Crippen LogP contribution is -2.36. The van der Waals surface area contributed by atoms with Gasteiger partial charge >= 0.3 is 0 Å². The van der Waals surface area contributed by atoms with Crippen molar-refractivity contribution in [1.29, 1.82) is 0 Å². The van der Waals surface area contributed by atoms with Gasteiger partial charge in [-0.3, -0.25) is 19.3 Å². The molecule has 0 unspecified atom stereocenters. The number of carbonyl (C=O) groups is 3. The molecular weight excluding hydrogens is 354 g/mol. The summed E-state index contributed by atoms with van der Waals surface area (Å²) in [6.07, 6.45) is 7.62. The van der Waals surface area contributed by atoms with Gasteiger partial charge in [-0.25, -0.2) is 0 Å². The molecule has 0 bridgehead atoms. The van der Waals surface area contributed by atoms with Gasteiger partial charge in [-0.05, 0) is 31.0 Å². The summed E-state index contributed by atoms with van der Waals surface area (Å²) in [5, 5.41) is 6.38. The summed E-state index contributed by atoms with van der Waals surface area (Å²) in [6.45, 7) is 1.28. The lowest BCUT2D eigenvalue weighted by atomic mass is 10.1. The number of halogens is 1. The first-order valence-electron chi connectivity index (χ1n) is 9.06. The van der Waals surface area contributed by atoms with Gasteiger partial charge < -0.3 is 10.6 Å². The van der Waals surface area contributed by atoms with Gasteiger partial charge in [-0.2, -0.15) is 0 Å². The molecule has 1 saturated carbocycles. The molecule has 26 heavy (non-hydrogen) atoms. The van der Waals surface area contributed by atoms with Gasteiger partial charge in [0.25, 0.3) is 17.7 Å². The number of benzene rings is 1. The van der Waals surface area contributed by atoms with E-state index in [1.54, 1.807) is 12.1 Å². The van der Waals surface area contributed by atoms with Crippen LogP contribution in [0, 0.1) is 0 Å². The molecule has 1 heterocycles. The van der Waals surface area contributed by atoms with Crippen molar-refractivity contribution >= 4 is 30.1 Å². The first kappa shape index (κ1) is 20.4. The van der Waals surface area contributed by atoms with E-state index < -0.39 is 0 Å². The second kappa shape index (κ2) is 9.14. The molecule has 0 aromatic heterocycles. The highest BCUT2D eigenvalue weighted by atomic mass is 35.5. The molecule has 7 heteroatoms. The number of hydrogen-bond donors (Lipinski definition) is 2. The molecule has 0 atom stereocenters. The Morgan fingerprint density at radius 3 is 2.38 bits per heavy atom. The fourth-order valence-electron chi connectivity index (χ4n) is 3.54. The van der Waals surface area contributed by atoms with Crippen LogP contribution in [0.5, 0.6) is 0 Å². The summed E-state index contributed by atoms with van der Waals surface area (Å²) in [5.74, 6) is -0.899. The van der Waals surface area contributed by atoms with Crippen LogP contribution in [0.3, 0.4) is 0 Å². The number of carbonyl (C=O) groups excluding carboxylic acids is 3. The number of nitrogens with one attached hydrogen (secondary N) is 2. The third-order valence-electron chi connectivity index (χ3n) is 5.05. The Bertz CT molecular complexity index is 685. The van der Waals surface area contributed by atoms with Crippen LogP contribution in [0.25, 0.3) is 0 Å². The van der Waals surface area contributed by atoms with Crippen LogP contribution in [-0.4, -0.2) is 48.8 Å². The summed E-state index contributed by atoms with van der Waals surface area (Å²) < 4.78 is 0. The van der Waals surface area contributed by atoms with Crippen LogP contribution in [0.15, 0.2) is 18.2 Å². The van der Waals surface area contributed by atoms with E-state index in [0.29, 0.717) is 29.3 Å². The maximum Gasteiger partial charge on any atom is 0.261 e. The van der Waals surface area contributed by atoms with Gasteiger partial charge in [0, 0.05) is 31.7 Å². The van der Waals surface area contributed by atoms with Crippen LogP contribution >= 0.6 is 12.4 Å². The minimum Gasteiger partial charge on any atom is -0.351 e. The second-order valence-corrected chi connectivity index (χ2v) is 6.83. The fourth-order valence-corrected chi connectivity index (χ4v) is 3.54. The van der Waals surface area contributed by atoms with E-state index in [2.05, 4.69) is 10.6 Å². The average Bonchev–Trinajstić information content (AvgIpc) is 2.83. The summed E-state index contributed by atoms with van der Waals surface area (Å²) in [6, 6.07) is 5.21. The van der Waals surface area contributed by atoms with E-state index in [1.807, 2.05) is 0 Å². The molecule has 2 N–H and O–H groups in total. The fraction of sp³-hybridized carbons (Fsp3) is 0.526. The standard InChI is InChI=1S/C19H25N3O3.ClH/c1-22-18(24)15-9-8-13(12-16(15)19(22)25)17(23)21-11-10-20-14-6-4-2-3-5-7-14;/h8-9,12,14,20H,2-7,10-11H2,1H3,(H,21,23);1H. The molecule has 0 saturated heterocycles. The molecule has 1 fully saturated rings. The lowest BCUT2D eigenvalue weighted by molar-refractivity contribution is 0.0693. The van der Waals surface area contributed by atoms with E-state index in [1.165, 1.54) is 51.6 Å². The van der Waals surface area contributed by atoms with Gasteiger partial charge in [0.15, 0.2) is 0 Å². The monoisotopic (exact) mass is 379 g/mol. The van der Waals surface area contributed by atoms with Crippen molar-refractivity contribution in [3.05, 3.63) is 34.9 Å². The largest absolute Gasteiger partial charge is 0.351 e. The Balaban J connectivity index is 0.00000243. The number of rotatable bonds is 5. The normalized spacial score (nSPS) is 17.5. The van der Waals surface area contributed by atoms with E-state index >= 15 is 0 Å². The highest BCUT2D eigenvalue weighted by molar-refractivity contribution is 6.21. The summed E-state index contributed by atoms with van der Waals surface area (Å²) in [7, 11) is 1.45. The van der Waals surface area contributed by atoms with Crippen LogP contribution in [0.4, 0.5) is 0 Å². The summed E-state index contributed by atoms with van der Waals surface area (Å²) in [4.78, 5) is 37.2. The number of nitrogens with zero attached hydrogens (tertiary/aromatic N) is 1. The Morgan fingerprint density at radius 1 is 1.04 bits per heavy atom. The van der Waals surface area contributed by atoms with Crippen molar-refractivity contribution in [1.82, 2.24) is 15.5 Å². The molecule has 1 aliphatic carbocycles. The SMILES string of the molecule is CN1C(=O)c2ccc(C(=O)NCCNC3CCCCCC3)cc2C1=O.Cl. The molecule has 3 amide bonds. The predicted octanol–water partition coefficient (Wildman–Crippen LogP) is 2.38. The van der Waals surface area contributed by atoms with Crippen LogP contribution < -0.4 is 10.6 Å². The zero-order valence-electron chi connectivity index (χ0n) is 15.0. The van der Waals surface area contributed by atoms with Gasteiger partial charge in [0.05, 0.1) is 11.1 Å². The van der Waals surface area contributed by atoms with E-state index in [0.717, 1.165) is 11.4 Å². The topological polar surface area (TPSA) is 78.5 Å². The van der Waals surface area contributed by atoms with Crippen LogP contribution in [0.1, 0.15) is 69.6 Å². The quantitative estimate of drug-likeness (QED) is 0.467. The molecule has 1 aliphatic heterocycles. The highest BCUT2D eigenvalue weighted by Crippen LogP contribution is 2.22. The summed E-state index contributed by atoms with van der Waals surface area (Å²) in [5.41, 5.74) is 1.07. The maximum absolute atomic E-state index is 12.3. The number of fused-ring (bicyclic) bond motifs is 1. The van der Waals surface area contributed by atoms with Gasteiger partial charge in [0.1, 0.15) is 0 Å². The number of amides is 3. The summed E-state index contributed by atoms with van der Waals surface area (Å²) >= 11 is 0. The van der Waals surface area contributed by atoms with Gasteiger partial charge in [-0.1, -0.05) is 25.7 Å². The molecule has 2 aliphatic rings. The minimum atomic E-state index is -0.357. The molecular formula is C19H26ClN3O3. The van der Waals surface area contributed by atoms with Gasteiger partial charge in [-0.15, -0.1) is 12.4 Å². The third kappa shape index (κ3) is 4.43. The molecule has 1 aromatic carbocycles. The Hall–Kier alpha value is -1.92. The number of hydrogen-bond acceptors (Lipinski definition) is 4. The Morgan fingerprint density at radius 2 is 1.69 bits per heavy atom. The molecule has 6 nitrogen and oxygen atoms in total. The zero-order valence-corrected chi connectivity index (χ0v) is 15.9. The van der Waals surface area contributed by atoms with Crippen molar-refractivity contribution in [3.63, 3.8) is 0 Å². The molecule has 1 aromatic rings. The van der Waals surface area contributed by atoms with Gasteiger partial charge in [0.2, 0.25) is 0 Å². The first-order valence-corrected chi connectivity index (χ1v) is 9.06.